The third-order valence-corrected chi connectivity index (χ3v) is 4.14. The summed E-state index contributed by atoms with van der Waals surface area (Å²) in [5.41, 5.74) is 2.51. The smallest absolute Gasteiger partial charge is 0.231 e. The van der Waals surface area contributed by atoms with Gasteiger partial charge in [-0.1, -0.05) is 19.1 Å². The predicted octanol–water partition coefficient (Wildman–Crippen LogP) is 3.88. The van der Waals surface area contributed by atoms with Gasteiger partial charge < -0.3 is 24.1 Å². The Balaban J connectivity index is 0.000000156. The van der Waals surface area contributed by atoms with Gasteiger partial charge in [0.2, 0.25) is 13.6 Å². The molecule has 2 aliphatic heterocycles. The van der Waals surface area contributed by atoms with Gasteiger partial charge in [0.25, 0.3) is 0 Å². The van der Waals surface area contributed by atoms with E-state index in [9.17, 15) is 9.90 Å². The average molecular weight is 370 g/mol. The molecule has 1 unspecified atom stereocenters. The molecule has 0 bridgehead atoms. The molecule has 0 aromatic heterocycles. The Morgan fingerprint density at radius 3 is 2.22 bits per heavy atom. The molecule has 2 aromatic rings. The molecule has 2 aromatic carbocycles. The monoisotopic (exact) mass is 370 g/mol. The number of carbonyl (C=O) groups is 1. The van der Waals surface area contributed by atoms with Gasteiger partial charge in [-0.15, -0.1) is 0 Å². The lowest BCUT2D eigenvalue weighted by molar-refractivity contribution is -0.104. The van der Waals surface area contributed by atoms with Crippen molar-refractivity contribution in [3.8, 4) is 23.0 Å². The van der Waals surface area contributed by atoms with Gasteiger partial charge in [-0.3, -0.25) is 4.79 Å². The average Bonchev–Trinajstić information content (AvgIpc) is 3.35. The van der Waals surface area contributed by atoms with Gasteiger partial charge in [-0.05, 0) is 60.4 Å². The highest BCUT2D eigenvalue weighted by molar-refractivity contribution is 5.81. The third kappa shape index (κ3) is 4.60. The number of fused-ring (bicyclic) bond motifs is 2. The second-order valence-corrected chi connectivity index (χ2v) is 6.16. The second-order valence-electron chi connectivity index (χ2n) is 6.16. The number of benzene rings is 2. The van der Waals surface area contributed by atoms with Crippen LogP contribution in [0, 0.1) is 0 Å². The maximum absolute atomic E-state index is 10.4. The Labute approximate surface area is 157 Å². The van der Waals surface area contributed by atoms with E-state index >= 15 is 0 Å². The molecule has 6 heteroatoms. The summed E-state index contributed by atoms with van der Waals surface area (Å²) >= 11 is 0. The second kappa shape index (κ2) is 8.60. The minimum Gasteiger partial charge on any atom is -0.454 e. The van der Waals surface area contributed by atoms with Crippen LogP contribution in [0.15, 0.2) is 42.0 Å². The van der Waals surface area contributed by atoms with Gasteiger partial charge in [-0.2, -0.15) is 0 Å². The van der Waals surface area contributed by atoms with Crippen LogP contribution in [0.1, 0.15) is 37.5 Å². The number of aldehydes is 1. The SMILES string of the molecule is C/C(C=O)=C\c1ccc2c(c1)OCO2.CCC(O)c1ccc2c(c1)OCO2. The summed E-state index contributed by atoms with van der Waals surface area (Å²) in [6, 6.07) is 11.1. The van der Waals surface area contributed by atoms with E-state index < -0.39 is 6.10 Å². The molecule has 1 N–H and O–H groups in total. The van der Waals surface area contributed by atoms with Gasteiger partial charge in [0.15, 0.2) is 23.0 Å². The minimum atomic E-state index is -0.408. The Morgan fingerprint density at radius 2 is 1.59 bits per heavy atom. The Morgan fingerprint density at radius 1 is 1.00 bits per heavy atom. The van der Waals surface area contributed by atoms with Gasteiger partial charge in [0, 0.05) is 0 Å². The molecule has 0 saturated heterocycles. The number of hydrogen-bond donors (Lipinski definition) is 1. The topological polar surface area (TPSA) is 74.2 Å². The zero-order valence-corrected chi connectivity index (χ0v) is 15.3. The van der Waals surface area contributed by atoms with Gasteiger partial charge in [0.05, 0.1) is 6.10 Å². The molecule has 0 amide bonds. The number of hydrogen-bond acceptors (Lipinski definition) is 6. The summed E-state index contributed by atoms with van der Waals surface area (Å²) in [6.07, 6.45) is 2.92. The zero-order valence-electron chi connectivity index (χ0n) is 15.3. The van der Waals surface area contributed by atoms with Crippen molar-refractivity contribution in [2.75, 3.05) is 13.6 Å². The number of allylic oxidation sites excluding steroid dienone is 1. The molecule has 142 valence electrons. The fraction of sp³-hybridized carbons (Fsp3) is 0.286. The molecule has 0 radical (unpaired) electrons. The van der Waals surface area contributed by atoms with Crippen molar-refractivity contribution in [3.05, 3.63) is 53.1 Å². The summed E-state index contributed by atoms with van der Waals surface area (Å²) in [4.78, 5) is 10.4. The van der Waals surface area contributed by atoms with Crippen LogP contribution in [-0.4, -0.2) is 25.0 Å². The fourth-order valence-corrected chi connectivity index (χ4v) is 2.66. The quantitative estimate of drug-likeness (QED) is 0.650. The highest BCUT2D eigenvalue weighted by atomic mass is 16.7. The van der Waals surface area contributed by atoms with Crippen molar-refractivity contribution < 1.29 is 28.8 Å². The first-order chi connectivity index (χ1) is 13.1. The normalized spacial score (nSPS) is 15.0. The Hall–Kier alpha value is -2.99. The molecule has 27 heavy (non-hydrogen) atoms. The molecule has 2 aliphatic rings. The summed E-state index contributed by atoms with van der Waals surface area (Å²) in [5, 5.41) is 9.56. The maximum atomic E-state index is 10.4. The van der Waals surface area contributed by atoms with E-state index in [0.717, 1.165) is 40.4 Å². The number of rotatable bonds is 4. The lowest BCUT2D eigenvalue weighted by Crippen LogP contribution is -1.94. The molecular weight excluding hydrogens is 348 g/mol. The van der Waals surface area contributed by atoms with Crippen LogP contribution in [0.5, 0.6) is 23.0 Å². The van der Waals surface area contributed by atoms with E-state index in [1.807, 2.05) is 43.3 Å². The van der Waals surface area contributed by atoms with Crippen molar-refractivity contribution in [2.45, 2.75) is 26.4 Å². The van der Waals surface area contributed by atoms with Crippen molar-refractivity contribution in [1.82, 2.24) is 0 Å². The minimum absolute atomic E-state index is 0.273. The van der Waals surface area contributed by atoms with Crippen molar-refractivity contribution in [2.24, 2.45) is 0 Å². The predicted molar refractivity (Wildman–Crippen MR) is 100 cm³/mol. The van der Waals surface area contributed by atoms with E-state index in [2.05, 4.69) is 0 Å². The molecular formula is C21H22O6. The lowest BCUT2D eigenvalue weighted by atomic mass is 10.1. The highest BCUT2D eigenvalue weighted by Crippen LogP contribution is 2.35. The standard InChI is InChI=1S/C11H10O3.C10H12O3/c1-8(6-12)4-9-2-3-10-11(5-9)14-7-13-10;1-2-8(11)7-3-4-9-10(5-7)13-6-12-9/h2-6H,7H2,1H3;3-5,8,11H,2,6H2,1H3/b8-4+;. The van der Waals surface area contributed by atoms with Gasteiger partial charge in [0.1, 0.15) is 6.29 Å². The first kappa shape index (κ1) is 18.8. The maximum Gasteiger partial charge on any atom is 0.231 e. The van der Waals surface area contributed by atoms with E-state index in [-0.39, 0.29) is 13.6 Å². The number of carbonyl (C=O) groups excluding carboxylic acids is 1. The summed E-state index contributed by atoms with van der Waals surface area (Å²) in [7, 11) is 0. The first-order valence-electron chi connectivity index (χ1n) is 8.71. The number of aliphatic hydroxyl groups excluding tert-OH is 1. The Kier molecular flexibility index (Phi) is 5.98. The highest BCUT2D eigenvalue weighted by Gasteiger charge is 2.15. The van der Waals surface area contributed by atoms with Gasteiger partial charge in [-0.25, -0.2) is 0 Å². The molecule has 1 atom stereocenters. The van der Waals surface area contributed by atoms with Crippen LogP contribution in [0.3, 0.4) is 0 Å². The van der Waals surface area contributed by atoms with Crippen molar-refractivity contribution in [3.63, 3.8) is 0 Å². The number of aliphatic hydroxyl groups is 1. The van der Waals surface area contributed by atoms with Crippen molar-refractivity contribution >= 4 is 12.4 Å². The van der Waals surface area contributed by atoms with E-state index in [1.165, 1.54) is 0 Å². The Bertz CT molecular complexity index is 843. The van der Waals surface area contributed by atoms with Crippen molar-refractivity contribution in [1.29, 1.82) is 0 Å². The van der Waals surface area contributed by atoms with Crippen LogP contribution in [0.4, 0.5) is 0 Å². The van der Waals surface area contributed by atoms with E-state index in [0.29, 0.717) is 12.0 Å². The van der Waals surface area contributed by atoms with Crippen LogP contribution in [0.25, 0.3) is 6.08 Å². The zero-order chi connectivity index (χ0) is 19.2. The van der Waals surface area contributed by atoms with Gasteiger partial charge >= 0.3 is 0 Å². The lowest BCUT2D eigenvalue weighted by Gasteiger charge is -2.07. The van der Waals surface area contributed by atoms with Crippen LogP contribution < -0.4 is 18.9 Å². The summed E-state index contributed by atoms with van der Waals surface area (Å²) in [5.74, 6) is 2.97. The summed E-state index contributed by atoms with van der Waals surface area (Å²) < 4.78 is 20.8. The molecule has 0 spiro atoms. The largest absolute Gasteiger partial charge is 0.454 e. The van der Waals surface area contributed by atoms with E-state index in [4.69, 9.17) is 18.9 Å². The van der Waals surface area contributed by atoms with Crippen LogP contribution in [-0.2, 0) is 4.79 Å². The number of ether oxygens (including phenoxy) is 4. The summed E-state index contributed by atoms with van der Waals surface area (Å²) in [6.45, 7) is 4.25. The van der Waals surface area contributed by atoms with Crippen LogP contribution in [0.2, 0.25) is 0 Å². The molecule has 2 heterocycles. The molecule has 4 rings (SSSR count). The third-order valence-electron chi connectivity index (χ3n) is 4.14. The van der Waals surface area contributed by atoms with E-state index in [1.54, 1.807) is 13.0 Å². The van der Waals surface area contributed by atoms with Crippen LogP contribution >= 0.6 is 0 Å². The fourth-order valence-electron chi connectivity index (χ4n) is 2.66. The molecule has 6 nitrogen and oxygen atoms in total. The molecule has 0 aliphatic carbocycles. The molecule has 0 saturated carbocycles. The molecule has 0 fully saturated rings. The first-order valence-corrected chi connectivity index (χ1v) is 8.71.